The van der Waals surface area contributed by atoms with Crippen LogP contribution in [0.1, 0.15) is 24.5 Å². The van der Waals surface area contributed by atoms with Crippen LogP contribution in [-0.2, 0) is 9.59 Å². The molecule has 1 atom stereocenters. The number of amides is 1. The van der Waals surface area contributed by atoms with Gasteiger partial charge in [0.15, 0.2) is 0 Å². The first-order valence-corrected chi connectivity index (χ1v) is 8.47. The van der Waals surface area contributed by atoms with Crippen molar-refractivity contribution in [1.82, 2.24) is 9.80 Å². The van der Waals surface area contributed by atoms with Gasteiger partial charge in [0.25, 0.3) is 0 Å². The Bertz CT molecular complexity index is 595. The molecule has 0 radical (unpaired) electrons. The van der Waals surface area contributed by atoms with Gasteiger partial charge in [0.1, 0.15) is 6.04 Å². The SMILES string of the molecule is CC[C@H](C(=O)O)N1CCN(CC(=O)Nc2cccc(C)c2C)CC1. The minimum atomic E-state index is -0.765. The number of hydrogen-bond donors (Lipinski definition) is 2. The van der Waals surface area contributed by atoms with Crippen LogP contribution < -0.4 is 5.32 Å². The van der Waals surface area contributed by atoms with E-state index >= 15 is 0 Å². The molecule has 0 aliphatic carbocycles. The van der Waals surface area contributed by atoms with Crippen LogP contribution >= 0.6 is 0 Å². The fraction of sp³-hybridized carbons (Fsp3) is 0.556. The molecule has 0 saturated carbocycles. The molecule has 1 aromatic carbocycles. The van der Waals surface area contributed by atoms with Gasteiger partial charge in [0.2, 0.25) is 5.91 Å². The smallest absolute Gasteiger partial charge is 0.320 e. The van der Waals surface area contributed by atoms with Crippen molar-refractivity contribution < 1.29 is 14.7 Å². The average molecular weight is 333 g/mol. The quantitative estimate of drug-likeness (QED) is 0.829. The summed E-state index contributed by atoms with van der Waals surface area (Å²) < 4.78 is 0. The second-order valence-electron chi connectivity index (χ2n) is 6.37. The summed E-state index contributed by atoms with van der Waals surface area (Å²) in [6.45, 7) is 9.04. The number of aryl methyl sites for hydroxylation is 1. The first-order valence-electron chi connectivity index (χ1n) is 8.47. The van der Waals surface area contributed by atoms with E-state index in [-0.39, 0.29) is 5.91 Å². The third-order valence-electron chi connectivity index (χ3n) is 4.77. The van der Waals surface area contributed by atoms with E-state index in [2.05, 4.69) is 10.2 Å². The van der Waals surface area contributed by atoms with Crippen molar-refractivity contribution in [2.75, 3.05) is 38.0 Å². The van der Waals surface area contributed by atoms with E-state index in [0.29, 0.717) is 39.1 Å². The van der Waals surface area contributed by atoms with Crippen molar-refractivity contribution in [3.63, 3.8) is 0 Å². The molecule has 6 nitrogen and oxygen atoms in total. The van der Waals surface area contributed by atoms with Crippen LogP contribution in [0.3, 0.4) is 0 Å². The molecule has 0 bridgehead atoms. The molecule has 1 amide bonds. The normalized spacial score (nSPS) is 17.5. The first-order chi connectivity index (χ1) is 11.4. The van der Waals surface area contributed by atoms with Gasteiger partial charge in [-0.25, -0.2) is 0 Å². The van der Waals surface area contributed by atoms with Crippen LogP contribution in [0.4, 0.5) is 5.69 Å². The van der Waals surface area contributed by atoms with Crippen molar-refractivity contribution in [3.8, 4) is 0 Å². The van der Waals surface area contributed by atoms with E-state index in [1.807, 2.05) is 43.9 Å². The molecule has 1 saturated heterocycles. The largest absolute Gasteiger partial charge is 0.480 e. The number of hydrogen-bond acceptors (Lipinski definition) is 4. The minimum Gasteiger partial charge on any atom is -0.480 e. The van der Waals surface area contributed by atoms with Gasteiger partial charge in [0.05, 0.1) is 6.54 Å². The summed E-state index contributed by atoms with van der Waals surface area (Å²) in [6, 6.07) is 5.46. The lowest BCUT2D eigenvalue weighted by Crippen LogP contribution is -2.53. The number of rotatable bonds is 6. The lowest BCUT2D eigenvalue weighted by atomic mass is 10.1. The standard InChI is InChI=1S/C18H27N3O3/c1-4-16(18(23)24)21-10-8-20(9-11-21)12-17(22)19-15-7-5-6-13(2)14(15)3/h5-7,16H,4,8-12H2,1-3H3,(H,19,22)(H,23,24)/t16-/m1/s1. The van der Waals surface area contributed by atoms with E-state index in [9.17, 15) is 14.7 Å². The topological polar surface area (TPSA) is 72.9 Å². The zero-order chi connectivity index (χ0) is 17.7. The lowest BCUT2D eigenvalue weighted by Gasteiger charge is -2.37. The summed E-state index contributed by atoms with van der Waals surface area (Å²) in [7, 11) is 0. The fourth-order valence-corrected chi connectivity index (χ4v) is 3.10. The molecular formula is C18H27N3O3. The van der Waals surface area contributed by atoms with Crippen LogP contribution in [0.15, 0.2) is 18.2 Å². The van der Waals surface area contributed by atoms with Gasteiger partial charge in [-0.05, 0) is 37.5 Å². The van der Waals surface area contributed by atoms with E-state index in [1.54, 1.807) is 0 Å². The Kier molecular flexibility index (Phi) is 6.34. The molecule has 1 heterocycles. The number of benzene rings is 1. The molecule has 2 N–H and O–H groups in total. The summed E-state index contributed by atoms with van der Waals surface area (Å²) in [5.74, 6) is -0.791. The second-order valence-corrected chi connectivity index (χ2v) is 6.37. The Morgan fingerprint density at radius 1 is 1.21 bits per heavy atom. The van der Waals surface area contributed by atoms with Gasteiger partial charge in [0, 0.05) is 31.9 Å². The summed E-state index contributed by atoms with van der Waals surface area (Å²) >= 11 is 0. The highest BCUT2D eigenvalue weighted by atomic mass is 16.4. The number of piperazine rings is 1. The molecule has 0 aromatic heterocycles. The Morgan fingerprint density at radius 3 is 2.46 bits per heavy atom. The van der Waals surface area contributed by atoms with E-state index < -0.39 is 12.0 Å². The number of carboxylic acid groups (broad SMARTS) is 1. The average Bonchev–Trinajstić information content (AvgIpc) is 2.54. The lowest BCUT2D eigenvalue weighted by molar-refractivity contribution is -0.144. The van der Waals surface area contributed by atoms with Crippen LogP contribution in [0.5, 0.6) is 0 Å². The molecule has 1 aliphatic rings. The highest BCUT2D eigenvalue weighted by Crippen LogP contribution is 2.18. The van der Waals surface area contributed by atoms with Crippen molar-refractivity contribution >= 4 is 17.6 Å². The molecule has 2 rings (SSSR count). The molecular weight excluding hydrogens is 306 g/mol. The van der Waals surface area contributed by atoms with Crippen molar-refractivity contribution in [1.29, 1.82) is 0 Å². The number of carbonyl (C=O) groups is 2. The maximum Gasteiger partial charge on any atom is 0.320 e. The highest BCUT2D eigenvalue weighted by molar-refractivity contribution is 5.93. The number of aliphatic carboxylic acids is 1. The number of carboxylic acids is 1. The van der Waals surface area contributed by atoms with Crippen LogP contribution in [0.25, 0.3) is 0 Å². The Hall–Kier alpha value is -1.92. The first kappa shape index (κ1) is 18.4. The second kappa shape index (κ2) is 8.26. The Labute approximate surface area is 143 Å². The molecule has 0 unspecified atom stereocenters. The Morgan fingerprint density at radius 2 is 1.88 bits per heavy atom. The van der Waals surface area contributed by atoms with Crippen LogP contribution in [0, 0.1) is 13.8 Å². The predicted octanol–water partition coefficient (Wildman–Crippen LogP) is 1.72. The molecule has 6 heteroatoms. The van der Waals surface area contributed by atoms with Crippen molar-refractivity contribution in [2.24, 2.45) is 0 Å². The molecule has 1 aromatic rings. The highest BCUT2D eigenvalue weighted by Gasteiger charge is 2.27. The van der Waals surface area contributed by atoms with Crippen molar-refractivity contribution in [2.45, 2.75) is 33.2 Å². The zero-order valence-corrected chi connectivity index (χ0v) is 14.7. The van der Waals surface area contributed by atoms with Gasteiger partial charge in [-0.15, -0.1) is 0 Å². The number of nitrogens with zero attached hydrogens (tertiary/aromatic N) is 2. The summed E-state index contributed by atoms with van der Waals surface area (Å²) in [4.78, 5) is 27.6. The van der Waals surface area contributed by atoms with Gasteiger partial charge in [-0.1, -0.05) is 19.1 Å². The maximum atomic E-state index is 12.3. The van der Waals surface area contributed by atoms with Gasteiger partial charge in [-0.2, -0.15) is 0 Å². The molecule has 1 aliphatic heterocycles. The van der Waals surface area contributed by atoms with Gasteiger partial charge >= 0.3 is 5.97 Å². The maximum absolute atomic E-state index is 12.3. The van der Waals surface area contributed by atoms with Gasteiger partial charge < -0.3 is 10.4 Å². The third kappa shape index (κ3) is 4.55. The van der Waals surface area contributed by atoms with E-state index in [1.165, 1.54) is 0 Å². The molecule has 24 heavy (non-hydrogen) atoms. The molecule has 1 fully saturated rings. The molecule has 132 valence electrons. The zero-order valence-electron chi connectivity index (χ0n) is 14.7. The van der Waals surface area contributed by atoms with Gasteiger partial charge in [-0.3, -0.25) is 19.4 Å². The fourth-order valence-electron chi connectivity index (χ4n) is 3.10. The predicted molar refractivity (Wildman–Crippen MR) is 94.3 cm³/mol. The number of carbonyl (C=O) groups excluding carboxylic acids is 1. The number of anilines is 1. The van der Waals surface area contributed by atoms with Crippen LogP contribution in [0.2, 0.25) is 0 Å². The Balaban J connectivity index is 1.84. The third-order valence-corrected chi connectivity index (χ3v) is 4.77. The van der Waals surface area contributed by atoms with Crippen molar-refractivity contribution in [3.05, 3.63) is 29.3 Å². The van der Waals surface area contributed by atoms with E-state index in [0.717, 1.165) is 16.8 Å². The number of nitrogens with one attached hydrogen (secondary N) is 1. The minimum absolute atomic E-state index is 0.0255. The summed E-state index contributed by atoms with van der Waals surface area (Å²) in [6.07, 6.45) is 0.600. The summed E-state index contributed by atoms with van der Waals surface area (Å²) in [5, 5.41) is 12.2. The monoisotopic (exact) mass is 333 g/mol. The molecule has 0 spiro atoms. The van der Waals surface area contributed by atoms with Crippen LogP contribution in [-0.4, -0.2) is 65.5 Å². The summed E-state index contributed by atoms with van der Waals surface area (Å²) in [5.41, 5.74) is 3.10. The van der Waals surface area contributed by atoms with E-state index in [4.69, 9.17) is 0 Å².